The minimum Gasteiger partial charge on any atom is -0.454 e. The lowest BCUT2D eigenvalue weighted by Crippen LogP contribution is -1.97. The number of fused-ring (bicyclic) bond motifs is 1. The molecule has 4 nitrogen and oxygen atoms in total. The van der Waals surface area contributed by atoms with Crippen LogP contribution in [0.2, 0.25) is 5.15 Å². The molecule has 0 atom stereocenters. The van der Waals surface area contributed by atoms with Crippen LogP contribution in [0.1, 0.15) is 24.5 Å². The van der Waals surface area contributed by atoms with Gasteiger partial charge in [0.05, 0.1) is 14.6 Å². The molecule has 1 aromatic heterocycles. The second kappa shape index (κ2) is 5.11. The molecule has 2 heterocycles. The van der Waals surface area contributed by atoms with E-state index in [9.17, 15) is 0 Å². The molecule has 1 aromatic carbocycles. The summed E-state index contributed by atoms with van der Waals surface area (Å²) >= 11 is 13.2. The highest BCUT2D eigenvalue weighted by atomic mass is 79.9. The van der Waals surface area contributed by atoms with Crippen LogP contribution in [0.5, 0.6) is 11.5 Å². The van der Waals surface area contributed by atoms with Crippen LogP contribution < -0.4 is 9.47 Å². The normalized spacial score (nSPS) is 16.3. The van der Waals surface area contributed by atoms with Crippen molar-refractivity contribution in [2.24, 2.45) is 0 Å². The number of benzene rings is 1. The zero-order chi connectivity index (χ0) is 14.6. The van der Waals surface area contributed by atoms with Crippen LogP contribution in [0.15, 0.2) is 21.1 Å². The molecular formula is C14H9Br2ClN2O2. The van der Waals surface area contributed by atoms with Gasteiger partial charge in [0.25, 0.3) is 0 Å². The van der Waals surface area contributed by atoms with Crippen LogP contribution in [-0.4, -0.2) is 16.8 Å². The highest BCUT2D eigenvalue weighted by molar-refractivity contribution is 9.11. The maximum Gasteiger partial charge on any atom is 0.231 e. The molecule has 0 spiro atoms. The quantitative estimate of drug-likeness (QED) is 0.632. The molecule has 4 rings (SSSR count). The van der Waals surface area contributed by atoms with Crippen LogP contribution >= 0.6 is 43.5 Å². The van der Waals surface area contributed by atoms with E-state index in [-0.39, 0.29) is 6.79 Å². The van der Waals surface area contributed by atoms with E-state index in [2.05, 4.69) is 41.8 Å². The summed E-state index contributed by atoms with van der Waals surface area (Å²) in [5.41, 5.74) is 1.83. The summed E-state index contributed by atoms with van der Waals surface area (Å²) in [5, 5.41) is 0.440. The van der Waals surface area contributed by atoms with Crippen LogP contribution in [0, 0.1) is 0 Å². The van der Waals surface area contributed by atoms with E-state index >= 15 is 0 Å². The minimum atomic E-state index is 0.229. The average molecular weight is 432 g/mol. The third-order valence-electron chi connectivity index (χ3n) is 3.49. The molecule has 108 valence electrons. The number of halogens is 3. The van der Waals surface area contributed by atoms with Crippen LogP contribution in [0.25, 0.3) is 11.4 Å². The lowest BCUT2D eigenvalue weighted by Gasteiger charge is -2.09. The monoisotopic (exact) mass is 430 g/mol. The smallest absolute Gasteiger partial charge is 0.231 e. The fraction of sp³-hybridized carbons (Fsp3) is 0.286. The van der Waals surface area contributed by atoms with Gasteiger partial charge in [-0.1, -0.05) is 11.6 Å². The van der Waals surface area contributed by atoms with E-state index in [1.54, 1.807) is 0 Å². The van der Waals surface area contributed by atoms with Crippen LogP contribution in [-0.2, 0) is 0 Å². The highest BCUT2D eigenvalue weighted by Gasteiger charge is 2.29. The van der Waals surface area contributed by atoms with Crippen molar-refractivity contribution in [3.8, 4) is 22.9 Å². The molecule has 0 amide bonds. The molecular weight excluding hydrogens is 423 g/mol. The molecule has 7 heteroatoms. The lowest BCUT2D eigenvalue weighted by molar-refractivity contribution is 0.173. The summed E-state index contributed by atoms with van der Waals surface area (Å²) in [5.74, 6) is 2.49. The van der Waals surface area contributed by atoms with E-state index < -0.39 is 0 Å². The first-order valence-electron chi connectivity index (χ1n) is 6.46. The minimum absolute atomic E-state index is 0.229. The Morgan fingerprint density at radius 2 is 1.95 bits per heavy atom. The fourth-order valence-corrected chi connectivity index (χ4v) is 3.52. The number of hydrogen-bond donors (Lipinski definition) is 0. The fourth-order valence-electron chi connectivity index (χ4n) is 2.29. The SMILES string of the molecule is Clc1nc(-c2cc(Br)c3c(c2)OCO3)nc(C2CC2)c1Br. The standard InChI is InChI=1S/C14H9Br2ClN2O2/c15-8-3-7(4-9-12(8)21-5-20-9)14-18-11(6-1-2-6)10(16)13(17)19-14/h3-4,6H,1-2,5H2. The Labute approximate surface area is 143 Å². The second-order valence-corrected chi connectivity index (χ2v) is 7.01. The van der Waals surface area contributed by atoms with Crippen molar-refractivity contribution in [3.05, 3.63) is 31.9 Å². The molecule has 2 aliphatic rings. The summed E-state index contributed by atoms with van der Waals surface area (Å²) in [7, 11) is 0. The van der Waals surface area contributed by atoms with Gasteiger partial charge < -0.3 is 9.47 Å². The first kappa shape index (κ1) is 13.8. The predicted molar refractivity (Wildman–Crippen MR) is 86.0 cm³/mol. The van der Waals surface area contributed by atoms with E-state index in [4.69, 9.17) is 21.1 Å². The Bertz CT molecular complexity index is 750. The van der Waals surface area contributed by atoms with Gasteiger partial charge in [-0.3, -0.25) is 0 Å². The Morgan fingerprint density at radius 1 is 1.14 bits per heavy atom. The molecule has 0 saturated heterocycles. The number of hydrogen-bond acceptors (Lipinski definition) is 4. The van der Waals surface area contributed by atoms with Crippen molar-refractivity contribution in [2.75, 3.05) is 6.79 Å². The summed E-state index contributed by atoms with van der Waals surface area (Å²) in [6, 6.07) is 3.80. The van der Waals surface area contributed by atoms with Crippen molar-refractivity contribution < 1.29 is 9.47 Å². The number of ether oxygens (including phenoxy) is 2. The molecule has 0 unspecified atom stereocenters. The molecule has 2 aromatic rings. The maximum absolute atomic E-state index is 6.23. The van der Waals surface area contributed by atoms with Gasteiger partial charge >= 0.3 is 0 Å². The molecule has 0 N–H and O–H groups in total. The van der Waals surface area contributed by atoms with Crippen molar-refractivity contribution in [3.63, 3.8) is 0 Å². The lowest BCUT2D eigenvalue weighted by atomic mass is 10.1. The predicted octanol–water partition coefficient (Wildman–Crippen LogP) is 4.93. The topological polar surface area (TPSA) is 44.2 Å². The Balaban J connectivity index is 1.85. The molecule has 0 radical (unpaired) electrons. The zero-order valence-electron chi connectivity index (χ0n) is 10.7. The third-order valence-corrected chi connectivity index (χ3v) is 5.36. The summed E-state index contributed by atoms with van der Waals surface area (Å²) in [4.78, 5) is 9.04. The summed E-state index contributed by atoms with van der Waals surface area (Å²) in [6.07, 6.45) is 2.30. The van der Waals surface area contributed by atoms with Gasteiger partial charge in [0.15, 0.2) is 17.3 Å². The number of aromatic nitrogens is 2. The van der Waals surface area contributed by atoms with Crippen LogP contribution in [0.4, 0.5) is 0 Å². The molecule has 1 saturated carbocycles. The first-order chi connectivity index (χ1) is 10.1. The van der Waals surface area contributed by atoms with E-state index in [1.165, 1.54) is 0 Å². The second-order valence-electron chi connectivity index (χ2n) is 5.00. The van der Waals surface area contributed by atoms with Crippen molar-refractivity contribution in [2.45, 2.75) is 18.8 Å². The van der Waals surface area contributed by atoms with Gasteiger partial charge in [-0.05, 0) is 56.8 Å². The summed E-state index contributed by atoms with van der Waals surface area (Å²) < 4.78 is 12.5. The Hall–Kier alpha value is -0.850. The van der Waals surface area contributed by atoms with Gasteiger partial charge in [-0.25, -0.2) is 9.97 Å². The van der Waals surface area contributed by atoms with Crippen molar-refractivity contribution >= 4 is 43.5 Å². The zero-order valence-corrected chi connectivity index (χ0v) is 14.6. The molecule has 1 aliphatic heterocycles. The van der Waals surface area contributed by atoms with Gasteiger partial charge in [-0.2, -0.15) is 0 Å². The van der Waals surface area contributed by atoms with E-state index in [0.29, 0.717) is 28.4 Å². The first-order valence-corrected chi connectivity index (χ1v) is 8.42. The molecule has 21 heavy (non-hydrogen) atoms. The average Bonchev–Trinajstić information content (AvgIpc) is 3.19. The van der Waals surface area contributed by atoms with E-state index in [1.807, 2.05) is 12.1 Å². The van der Waals surface area contributed by atoms with Crippen molar-refractivity contribution in [1.29, 1.82) is 0 Å². The van der Waals surface area contributed by atoms with Crippen molar-refractivity contribution in [1.82, 2.24) is 9.97 Å². The summed E-state index contributed by atoms with van der Waals surface area (Å²) in [6.45, 7) is 0.229. The Kier molecular flexibility index (Phi) is 3.35. The van der Waals surface area contributed by atoms with Crippen LogP contribution in [0.3, 0.4) is 0 Å². The Morgan fingerprint density at radius 3 is 2.71 bits per heavy atom. The highest BCUT2D eigenvalue weighted by Crippen LogP contribution is 2.46. The van der Waals surface area contributed by atoms with Gasteiger partial charge in [0.2, 0.25) is 6.79 Å². The van der Waals surface area contributed by atoms with E-state index in [0.717, 1.165) is 33.0 Å². The molecule has 1 aliphatic carbocycles. The van der Waals surface area contributed by atoms with Gasteiger partial charge in [0, 0.05) is 11.5 Å². The van der Waals surface area contributed by atoms with Gasteiger partial charge in [-0.15, -0.1) is 0 Å². The number of nitrogens with zero attached hydrogens (tertiary/aromatic N) is 2. The largest absolute Gasteiger partial charge is 0.454 e. The maximum atomic E-state index is 6.23. The third kappa shape index (κ3) is 2.43. The van der Waals surface area contributed by atoms with Gasteiger partial charge in [0.1, 0.15) is 5.15 Å². The number of rotatable bonds is 2. The molecule has 1 fully saturated rings. The molecule has 0 bridgehead atoms.